The molecule has 2 nitrogen and oxygen atoms in total. The maximum atomic E-state index is 5.54. The molecular weight excluding hydrogens is 140 g/mol. The van der Waals surface area contributed by atoms with E-state index in [9.17, 15) is 0 Å². The van der Waals surface area contributed by atoms with Crippen LogP contribution in [-0.2, 0) is 9.47 Å². The highest BCUT2D eigenvalue weighted by Gasteiger charge is 2.37. The molecular formula is C9H14O2. The van der Waals surface area contributed by atoms with Crippen molar-refractivity contribution in [2.24, 2.45) is 0 Å². The fraction of sp³-hybridized carbons (Fsp3) is 0.778. The van der Waals surface area contributed by atoms with Crippen molar-refractivity contribution in [2.45, 2.75) is 38.6 Å². The third kappa shape index (κ3) is 1.55. The van der Waals surface area contributed by atoms with Crippen molar-refractivity contribution >= 4 is 0 Å². The zero-order valence-corrected chi connectivity index (χ0v) is 7.09. The Bertz CT molecular complexity index is 165. The van der Waals surface area contributed by atoms with Crippen molar-refractivity contribution in [1.29, 1.82) is 0 Å². The number of hydrogen-bond donors (Lipinski definition) is 0. The first kappa shape index (κ1) is 8.58. The number of terminal acetylenes is 1. The quantitative estimate of drug-likeness (QED) is 0.562. The van der Waals surface area contributed by atoms with Gasteiger partial charge in [0.05, 0.1) is 6.61 Å². The van der Waals surface area contributed by atoms with E-state index in [4.69, 9.17) is 15.9 Å². The van der Waals surface area contributed by atoms with Crippen LogP contribution in [0.4, 0.5) is 0 Å². The molecule has 0 spiro atoms. The van der Waals surface area contributed by atoms with Gasteiger partial charge in [-0.3, -0.25) is 0 Å². The Labute approximate surface area is 67.9 Å². The minimum Gasteiger partial charge on any atom is -0.346 e. The van der Waals surface area contributed by atoms with Gasteiger partial charge in [-0.1, -0.05) is 19.8 Å². The van der Waals surface area contributed by atoms with Crippen LogP contribution in [0.25, 0.3) is 0 Å². The van der Waals surface area contributed by atoms with Gasteiger partial charge in [-0.05, 0) is 12.8 Å². The average molecular weight is 154 g/mol. The molecule has 1 rings (SSSR count). The fourth-order valence-electron chi connectivity index (χ4n) is 1.26. The van der Waals surface area contributed by atoms with Gasteiger partial charge in [0.2, 0.25) is 0 Å². The van der Waals surface area contributed by atoms with Gasteiger partial charge in [0.15, 0.2) is 5.79 Å². The summed E-state index contributed by atoms with van der Waals surface area (Å²) in [5, 5.41) is 0. The van der Waals surface area contributed by atoms with Gasteiger partial charge >= 0.3 is 0 Å². The number of ether oxygens (including phenoxy) is 2. The van der Waals surface area contributed by atoms with E-state index in [-0.39, 0.29) is 6.10 Å². The second-order valence-corrected chi connectivity index (χ2v) is 2.70. The predicted octanol–water partition coefficient (Wildman–Crippen LogP) is 1.55. The van der Waals surface area contributed by atoms with E-state index >= 15 is 0 Å². The lowest BCUT2D eigenvalue weighted by Crippen LogP contribution is -2.28. The summed E-state index contributed by atoms with van der Waals surface area (Å²) in [6.07, 6.45) is 6.79. The van der Waals surface area contributed by atoms with Crippen LogP contribution in [0, 0.1) is 12.3 Å². The van der Waals surface area contributed by atoms with Crippen molar-refractivity contribution in [2.75, 3.05) is 6.61 Å². The van der Waals surface area contributed by atoms with E-state index in [1.807, 2.05) is 13.8 Å². The Morgan fingerprint density at radius 1 is 1.55 bits per heavy atom. The molecule has 0 amide bonds. The zero-order chi connectivity index (χ0) is 8.32. The second kappa shape index (κ2) is 3.25. The molecule has 0 aromatic carbocycles. The smallest absolute Gasteiger partial charge is 0.169 e. The third-order valence-corrected chi connectivity index (χ3v) is 2.12. The molecule has 0 bridgehead atoms. The highest BCUT2D eigenvalue weighted by Crippen LogP contribution is 2.29. The van der Waals surface area contributed by atoms with E-state index in [0.29, 0.717) is 6.61 Å². The molecule has 1 atom stereocenters. The van der Waals surface area contributed by atoms with Gasteiger partial charge in [-0.2, -0.15) is 0 Å². The third-order valence-electron chi connectivity index (χ3n) is 2.12. The molecule has 0 saturated carbocycles. The Hall–Kier alpha value is -0.520. The summed E-state index contributed by atoms with van der Waals surface area (Å²) in [6, 6.07) is 0. The van der Waals surface area contributed by atoms with Crippen LogP contribution in [0.5, 0.6) is 0 Å². The van der Waals surface area contributed by atoms with Gasteiger partial charge in [0, 0.05) is 0 Å². The molecule has 0 aromatic heterocycles. The Kier molecular flexibility index (Phi) is 2.53. The van der Waals surface area contributed by atoms with Crippen molar-refractivity contribution in [1.82, 2.24) is 0 Å². The Morgan fingerprint density at radius 3 is 2.45 bits per heavy atom. The monoisotopic (exact) mass is 154 g/mol. The van der Waals surface area contributed by atoms with Crippen LogP contribution in [0.15, 0.2) is 0 Å². The van der Waals surface area contributed by atoms with Crippen molar-refractivity contribution in [3.05, 3.63) is 0 Å². The maximum Gasteiger partial charge on any atom is 0.169 e. The van der Waals surface area contributed by atoms with Crippen LogP contribution in [0.3, 0.4) is 0 Å². The molecule has 1 fully saturated rings. The normalized spacial score (nSPS) is 28.3. The first-order valence-electron chi connectivity index (χ1n) is 4.04. The first-order valence-corrected chi connectivity index (χ1v) is 4.04. The summed E-state index contributed by atoms with van der Waals surface area (Å²) in [5.74, 6) is 2.15. The summed E-state index contributed by atoms with van der Waals surface area (Å²) in [5.41, 5.74) is 0. The number of hydrogen-bond acceptors (Lipinski definition) is 2. The Balaban J connectivity index is 2.56. The number of rotatable bonds is 2. The van der Waals surface area contributed by atoms with Gasteiger partial charge in [0.25, 0.3) is 0 Å². The van der Waals surface area contributed by atoms with Crippen molar-refractivity contribution in [3.63, 3.8) is 0 Å². The molecule has 0 aromatic rings. The molecule has 62 valence electrons. The second-order valence-electron chi connectivity index (χ2n) is 2.70. The summed E-state index contributed by atoms with van der Waals surface area (Å²) >= 11 is 0. The molecule has 1 aliphatic rings. The molecule has 0 radical (unpaired) electrons. The van der Waals surface area contributed by atoms with Crippen LogP contribution in [0.2, 0.25) is 0 Å². The van der Waals surface area contributed by atoms with Crippen molar-refractivity contribution in [3.8, 4) is 12.3 Å². The molecule has 0 aliphatic carbocycles. The fourth-order valence-corrected chi connectivity index (χ4v) is 1.26. The summed E-state index contributed by atoms with van der Waals surface area (Å²) < 4.78 is 11.0. The summed E-state index contributed by atoms with van der Waals surface area (Å²) in [4.78, 5) is 0. The molecule has 0 N–H and O–H groups in total. The standard InChI is InChI=1S/C9H14O2/c1-4-8-7-10-9(5-2,6-3)11-8/h1,8H,5-7H2,2-3H3/t8-/m0/s1. The van der Waals surface area contributed by atoms with E-state index in [1.165, 1.54) is 0 Å². The molecule has 2 heteroatoms. The van der Waals surface area contributed by atoms with Crippen LogP contribution in [-0.4, -0.2) is 18.5 Å². The van der Waals surface area contributed by atoms with E-state index in [1.54, 1.807) is 0 Å². The molecule has 1 aliphatic heterocycles. The summed E-state index contributed by atoms with van der Waals surface area (Å²) in [7, 11) is 0. The van der Waals surface area contributed by atoms with Gasteiger partial charge < -0.3 is 9.47 Å². The maximum absolute atomic E-state index is 5.54. The predicted molar refractivity (Wildman–Crippen MR) is 43.0 cm³/mol. The largest absolute Gasteiger partial charge is 0.346 e. The first-order chi connectivity index (χ1) is 5.26. The van der Waals surface area contributed by atoms with E-state index < -0.39 is 5.79 Å². The lowest BCUT2D eigenvalue weighted by molar-refractivity contribution is -0.166. The highest BCUT2D eigenvalue weighted by molar-refractivity contribution is 4.98. The van der Waals surface area contributed by atoms with Gasteiger partial charge in [0.1, 0.15) is 6.10 Å². The Morgan fingerprint density at radius 2 is 2.18 bits per heavy atom. The molecule has 0 unspecified atom stereocenters. The van der Waals surface area contributed by atoms with E-state index in [2.05, 4.69) is 5.92 Å². The average Bonchev–Trinajstić information content (AvgIpc) is 2.49. The van der Waals surface area contributed by atoms with Crippen LogP contribution < -0.4 is 0 Å². The minimum absolute atomic E-state index is 0.144. The summed E-state index contributed by atoms with van der Waals surface area (Å²) in [6.45, 7) is 4.63. The van der Waals surface area contributed by atoms with Gasteiger partial charge in [-0.15, -0.1) is 6.42 Å². The molecule has 1 heterocycles. The highest BCUT2D eigenvalue weighted by atomic mass is 16.7. The van der Waals surface area contributed by atoms with Gasteiger partial charge in [-0.25, -0.2) is 0 Å². The zero-order valence-electron chi connectivity index (χ0n) is 7.09. The lowest BCUT2D eigenvalue weighted by Gasteiger charge is -2.23. The van der Waals surface area contributed by atoms with E-state index in [0.717, 1.165) is 12.8 Å². The topological polar surface area (TPSA) is 18.5 Å². The minimum atomic E-state index is -0.392. The van der Waals surface area contributed by atoms with Crippen molar-refractivity contribution < 1.29 is 9.47 Å². The van der Waals surface area contributed by atoms with Crippen LogP contribution in [0.1, 0.15) is 26.7 Å². The van der Waals surface area contributed by atoms with Crippen LogP contribution >= 0.6 is 0 Å². The molecule has 11 heavy (non-hydrogen) atoms. The lowest BCUT2D eigenvalue weighted by atomic mass is 10.1. The SMILES string of the molecule is C#C[C@H]1COC(CC)(CC)O1. The molecule has 1 saturated heterocycles.